The van der Waals surface area contributed by atoms with Gasteiger partial charge in [-0.1, -0.05) is 0 Å². The van der Waals surface area contributed by atoms with E-state index in [-0.39, 0.29) is 11.3 Å². The molecule has 0 radical (unpaired) electrons. The van der Waals surface area contributed by atoms with Crippen LogP contribution in [0, 0.1) is 17.6 Å². The molecule has 0 aliphatic heterocycles. The summed E-state index contributed by atoms with van der Waals surface area (Å²) in [6, 6.07) is 1.54. The molecular weight excluding hydrogens is 216 g/mol. The minimum Gasteiger partial charge on any atom is -0.462 e. The molecule has 2 rings (SSSR count). The number of hydrogen-bond acceptors (Lipinski definition) is 3. The number of carbonyl (C=O) groups is 1. The highest BCUT2D eigenvalue weighted by Gasteiger charge is 2.24. The molecule has 1 fully saturated rings. The molecule has 1 saturated carbocycles. The highest BCUT2D eigenvalue weighted by Crippen LogP contribution is 2.29. The van der Waals surface area contributed by atoms with Crippen molar-refractivity contribution in [2.45, 2.75) is 12.8 Å². The zero-order valence-electron chi connectivity index (χ0n) is 8.50. The Morgan fingerprint density at radius 3 is 2.62 bits per heavy atom. The van der Waals surface area contributed by atoms with Crippen molar-refractivity contribution in [3.8, 4) is 0 Å². The minimum absolute atomic E-state index is 0.111. The van der Waals surface area contributed by atoms with Gasteiger partial charge in [0.2, 0.25) is 0 Å². The van der Waals surface area contributed by atoms with Crippen LogP contribution in [0.4, 0.5) is 14.5 Å². The fourth-order valence-corrected chi connectivity index (χ4v) is 1.29. The van der Waals surface area contributed by atoms with Crippen LogP contribution in [-0.4, -0.2) is 12.6 Å². The number of benzene rings is 1. The minimum atomic E-state index is -1.10. The predicted molar refractivity (Wildman–Crippen MR) is 53.8 cm³/mol. The Kier molecular flexibility index (Phi) is 2.77. The van der Waals surface area contributed by atoms with E-state index in [0.29, 0.717) is 12.5 Å². The summed E-state index contributed by atoms with van der Waals surface area (Å²) >= 11 is 0. The molecule has 1 aromatic carbocycles. The largest absolute Gasteiger partial charge is 0.462 e. The summed E-state index contributed by atoms with van der Waals surface area (Å²) in [5, 5.41) is 0. The summed E-state index contributed by atoms with van der Waals surface area (Å²) < 4.78 is 30.6. The van der Waals surface area contributed by atoms with Crippen molar-refractivity contribution in [2.75, 3.05) is 12.3 Å². The van der Waals surface area contributed by atoms with Crippen molar-refractivity contribution in [3.63, 3.8) is 0 Å². The van der Waals surface area contributed by atoms with Gasteiger partial charge in [-0.3, -0.25) is 0 Å². The van der Waals surface area contributed by atoms with Gasteiger partial charge in [-0.05, 0) is 24.8 Å². The lowest BCUT2D eigenvalue weighted by atomic mass is 10.1. The summed E-state index contributed by atoms with van der Waals surface area (Å²) in [7, 11) is 0. The lowest BCUT2D eigenvalue weighted by Gasteiger charge is -2.06. The van der Waals surface area contributed by atoms with Crippen LogP contribution in [0.3, 0.4) is 0 Å². The van der Waals surface area contributed by atoms with Crippen LogP contribution >= 0.6 is 0 Å². The molecule has 1 aliphatic carbocycles. The second kappa shape index (κ2) is 4.08. The number of hydrogen-bond donors (Lipinski definition) is 1. The molecule has 1 aromatic rings. The highest BCUT2D eigenvalue weighted by atomic mass is 19.2. The first-order valence-electron chi connectivity index (χ1n) is 4.99. The first-order valence-corrected chi connectivity index (χ1v) is 4.99. The topological polar surface area (TPSA) is 52.3 Å². The van der Waals surface area contributed by atoms with Crippen molar-refractivity contribution in [3.05, 3.63) is 29.3 Å². The van der Waals surface area contributed by atoms with Gasteiger partial charge in [0, 0.05) is 11.8 Å². The second-order valence-corrected chi connectivity index (χ2v) is 3.90. The predicted octanol–water partition coefficient (Wildman–Crippen LogP) is 2.11. The SMILES string of the molecule is Nc1cc(F)c(F)cc1C(=O)OCC1CC1. The summed E-state index contributed by atoms with van der Waals surface area (Å²) in [5.74, 6) is -2.47. The summed E-state index contributed by atoms with van der Waals surface area (Å²) in [6.45, 7) is 0.317. The molecule has 0 aromatic heterocycles. The van der Waals surface area contributed by atoms with E-state index in [0.717, 1.165) is 25.0 Å². The third-order valence-electron chi connectivity index (χ3n) is 2.46. The standard InChI is InChI=1S/C11H11F2NO2/c12-8-3-7(10(14)4-9(8)13)11(15)16-5-6-1-2-6/h3-4,6H,1-2,5,14H2. The molecule has 0 spiro atoms. The van der Waals surface area contributed by atoms with E-state index in [1.165, 1.54) is 0 Å². The molecule has 3 nitrogen and oxygen atoms in total. The molecule has 0 saturated heterocycles. The molecule has 86 valence electrons. The molecule has 0 amide bonds. The fraction of sp³-hybridized carbons (Fsp3) is 0.364. The molecule has 0 bridgehead atoms. The quantitative estimate of drug-likeness (QED) is 0.635. The Morgan fingerprint density at radius 2 is 2.00 bits per heavy atom. The molecule has 5 heteroatoms. The van der Waals surface area contributed by atoms with Crippen molar-refractivity contribution in [1.82, 2.24) is 0 Å². The van der Waals surface area contributed by atoms with Crippen LogP contribution in [0.2, 0.25) is 0 Å². The number of anilines is 1. The van der Waals surface area contributed by atoms with Gasteiger partial charge >= 0.3 is 5.97 Å². The molecule has 0 atom stereocenters. The smallest absolute Gasteiger partial charge is 0.340 e. The lowest BCUT2D eigenvalue weighted by molar-refractivity contribution is 0.0486. The number of halogens is 2. The van der Waals surface area contributed by atoms with Crippen LogP contribution in [-0.2, 0) is 4.74 Å². The van der Waals surface area contributed by atoms with E-state index < -0.39 is 17.6 Å². The van der Waals surface area contributed by atoms with Gasteiger partial charge in [0.15, 0.2) is 11.6 Å². The fourth-order valence-electron chi connectivity index (χ4n) is 1.29. The Labute approximate surface area is 91.2 Å². The van der Waals surface area contributed by atoms with Crippen LogP contribution in [0.25, 0.3) is 0 Å². The molecule has 1 aliphatic rings. The van der Waals surface area contributed by atoms with E-state index in [2.05, 4.69) is 0 Å². The van der Waals surface area contributed by atoms with Gasteiger partial charge in [0.1, 0.15) is 0 Å². The van der Waals surface area contributed by atoms with Gasteiger partial charge in [-0.2, -0.15) is 0 Å². The van der Waals surface area contributed by atoms with Gasteiger partial charge in [0.25, 0.3) is 0 Å². The maximum absolute atomic E-state index is 12.9. The average Bonchev–Trinajstić information content (AvgIpc) is 3.03. The first kappa shape index (κ1) is 10.9. The number of ether oxygens (including phenoxy) is 1. The van der Waals surface area contributed by atoms with E-state index in [9.17, 15) is 13.6 Å². The van der Waals surface area contributed by atoms with E-state index in [1.54, 1.807) is 0 Å². The molecule has 2 N–H and O–H groups in total. The zero-order chi connectivity index (χ0) is 11.7. The first-order chi connectivity index (χ1) is 7.58. The molecule has 16 heavy (non-hydrogen) atoms. The normalized spacial score (nSPS) is 14.9. The highest BCUT2D eigenvalue weighted by molar-refractivity contribution is 5.95. The molecule has 0 heterocycles. The second-order valence-electron chi connectivity index (χ2n) is 3.90. The van der Waals surface area contributed by atoms with Gasteiger partial charge in [-0.15, -0.1) is 0 Å². The van der Waals surface area contributed by atoms with Crippen molar-refractivity contribution in [1.29, 1.82) is 0 Å². The number of nitrogens with two attached hydrogens (primary N) is 1. The number of carbonyl (C=O) groups excluding carboxylic acids is 1. The third-order valence-corrected chi connectivity index (χ3v) is 2.46. The number of esters is 1. The van der Waals surface area contributed by atoms with Gasteiger partial charge in [0.05, 0.1) is 12.2 Å². The monoisotopic (exact) mass is 227 g/mol. The third kappa shape index (κ3) is 2.29. The lowest BCUT2D eigenvalue weighted by Crippen LogP contribution is -2.11. The Hall–Kier alpha value is -1.65. The van der Waals surface area contributed by atoms with Crippen molar-refractivity contribution in [2.24, 2.45) is 5.92 Å². The van der Waals surface area contributed by atoms with Crippen LogP contribution in [0.15, 0.2) is 12.1 Å². The van der Waals surface area contributed by atoms with Gasteiger partial charge in [-0.25, -0.2) is 13.6 Å². The maximum atomic E-state index is 12.9. The van der Waals surface area contributed by atoms with E-state index >= 15 is 0 Å². The Morgan fingerprint density at radius 1 is 1.38 bits per heavy atom. The van der Waals surface area contributed by atoms with Crippen LogP contribution in [0.1, 0.15) is 23.2 Å². The Balaban J connectivity index is 2.11. The molecular formula is C11H11F2NO2. The van der Waals surface area contributed by atoms with E-state index in [4.69, 9.17) is 10.5 Å². The number of rotatable bonds is 3. The van der Waals surface area contributed by atoms with Crippen LogP contribution < -0.4 is 5.73 Å². The molecule has 0 unspecified atom stereocenters. The number of nitrogen functional groups attached to an aromatic ring is 1. The van der Waals surface area contributed by atoms with Crippen molar-refractivity contribution < 1.29 is 18.3 Å². The van der Waals surface area contributed by atoms with Crippen LogP contribution in [0.5, 0.6) is 0 Å². The summed E-state index contributed by atoms with van der Waals surface area (Å²) in [6.07, 6.45) is 2.08. The van der Waals surface area contributed by atoms with Gasteiger partial charge < -0.3 is 10.5 Å². The average molecular weight is 227 g/mol. The van der Waals surface area contributed by atoms with Crippen molar-refractivity contribution >= 4 is 11.7 Å². The van der Waals surface area contributed by atoms with E-state index in [1.807, 2.05) is 0 Å². The Bertz CT molecular complexity index is 430. The maximum Gasteiger partial charge on any atom is 0.340 e. The summed E-state index contributed by atoms with van der Waals surface area (Å²) in [5.41, 5.74) is 5.17. The summed E-state index contributed by atoms with van der Waals surface area (Å²) in [4.78, 5) is 11.5. The zero-order valence-corrected chi connectivity index (χ0v) is 8.50.